The third-order valence-corrected chi connectivity index (χ3v) is 5.11. The van der Waals surface area contributed by atoms with Crippen LogP contribution >= 0.6 is 0 Å². The maximum Gasteiger partial charge on any atom is 0.247 e. The quantitative estimate of drug-likeness (QED) is 0.542. The fraction of sp³-hybridized carbons (Fsp3) is 0.571. The molecule has 1 saturated heterocycles. The van der Waals surface area contributed by atoms with Crippen molar-refractivity contribution in [1.82, 2.24) is 9.80 Å². The van der Waals surface area contributed by atoms with Crippen LogP contribution in [0.2, 0.25) is 0 Å². The normalized spacial score (nSPS) is 21.9. The number of piperazine rings is 1. The van der Waals surface area contributed by atoms with Gasteiger partial charge in [-0.2, -0.15) is 0 Å². The van der Waals surface area contributed by atoms with Gasteiger partial charge < -0.3 is 9.80 Å². The number of amides is 1. The third-order valence-electron chi connectivity index (χ3n) is 5.11. The molecule has 0 radical (unpaired) electrons. The molecular formula is C21H32N3O2+. The van der Waals surface area contributed by atoms with Gasteiger partial charge in [0.25, 0.3) is 0 Å². The average molecular weight is 359 g/mol. The Morgan fingerprint density at radius 3 is 2.69 bits per heavy atom. The van der Waals surface area contributed by atoms with Crippen molar-refractivity contribution < 1.29 is 14.2 Å². The summed E-state index contributed by atoms with van der Waals surface area (Å²) in [5.74, 6) is 0.0557. The monoisotopic (exact) mass is 358 g/mol. The van der Waals surface area contributed by atoms with Crippen molar-refractivity contribution in [1.29, 1.82) is 0 Å². The second kappa shape index (κ2) is 8.97. The van der Waals surface area contributed by atoms with Crippen LogP contribution in [0.1, 0.15) is 46.5 Å². The first-order chi connectivity index (χ1) is 12.3. The van der Waals surface area contributed by atoms with Gasteiger partial charge in [-0.05, 0) is 13.3 Å². The van der Waals surface area contributed by atoms with E-state index in [-0.39, 0.29) is 17.7 Å². The number of rotatable bonds is 6. The summed E-state index contributed by atoms with van der Waals surface area (Å²) < 4.78 is 2.20. The summed E-state index contributed by atoms with van der Waals surface area (Å²) in [7, 11) is 2.06. The fourth-order valence-electron chi connectivity index (χ4n) is 3.52. The summed E-state index contributed by atoms with van der Waals surface area (Å²) >= 11 is 0. The molecule has 0 N–H and O–H groups in total. The van der Waals surface area contributed by atoms with Crippen LogP contribution in [0.25, 0.3) is 0 Å². The Labute approximate surface area is 157 Å². The van der Waals surface area contributed by atoms with Gasteiger partial charge in [-0.3, -0.25) is 9.59 Å². The van der Waals surface area contributed by atoms with E-state index in [0.29, 0.717) is 18.8 Å². The minimum Gasteiger partial charge on any atom is -0.339 e. The second-order valence-electron chi connectivity index (χ2n) is 7.28. The first-order valence-electron chi connectivity index (χ1n) is 9.57. The van der Waals surface area contributed by atoms with Crippen LogP contribution in [0.3, 0.4) is 0 Å². The topological polar surface area (TPSA) is 43.6 Å². The number of unbranched alkanes of at least 4 members (excludes halogenated alkanes) is 1. The maximum atomic E-state index is 12.7. The number of allylic oxidation sites excluding steroid dienone is 3. The van der Waals surface area contributed by atoms with Crippen molar-refractivity contribution in [3.63, 3.8) is 0 Å². The van der Waals surface area contributed by atoms with Crippen molar-refractivity contribution in [3.05, 3.63) is 36.2 Å². The van der Waals surface area contributed by atoms with Crippen LogP contribution in [0.5, 0.6) is 0 Å². The van der Waals surface area contributed by atoms with E-state index < -0.39 is 0 Å². The van der Waals surface area contributed by atoms with Gasteiger partial charge in [0, 0.05) is 50.2 Å². The van der Waals surface area contributed by atoms with Crippen LogP contribution in [0, 0.1) is 0 Å². The highest BCUT2D eigenvalue weighted by Gasteiger charge is 2.31. The summed E-state index contributed by atoms with van der Waals surface area (Å²) in [6.45, 7) is 11.9. The molecule has 26 heavy (non-hydrogen) atoms. The highest BCUT2D eigenvalue weighted by Crippen LogP contribution is 2.23. The Balaban J connectivity index is 2.08. The van der Waals surface area contributed by atoms with E-state index in [2.05, 4.69) is 25.1 Å². The van der Waals surface area contributed by atoms with E-state index in [1.165, 1.54) is 5.71 Å². The van der Waals surface area contributed by atoms with Gasteiger partial charge in [0.05, 0.1) is 12.2 Å². The Hall–Kier alpha value is -2.17. The van der Waals surface area contributed by atoms with Crippen LogP contribution in [-0.2, 0) is 9.59 Å². The molecule has 0 aromatic heterocycles. The van der Waals surface area contributed by atoms with Gasteiger partial charge in [0.15, 0.2) is 11.5 Å². The SMILES string of the molecule is C=C1CN(C(=O)/C=C/C2=[N+](C)CCC2)C(C)CN1/C(=C\CCC)C(C)=O. The van der Waals surface area contributed by atoms with Crippen LogP contribution in [0.4, 0.5) is 0 Å². The highest BCUT2D eigenvalue weighted by atomic mass is 16.2. The number of Topliss-reactive ketones (excluding diaryl/α,β-unsaturated/α-hetero) is 1. The minimum atomic E-state index is 0.00742. The maximum absolute atomic E-state index is 12.7. The number of nitrogens with zero attached hydrogens (tertiary/aromatic N) is 3. The van der Waals surface area contributed by atoms with Crippen molar-refractivity contribution in [2.45, 2.75) is 52.5 Å². The summed E-state index contributed by atoms with van der Waals surface area (Å²) in [6, 6.07) is 0.0216. The van der Waals surface area contributed by atoms with Crippen LogP contribution in [-0.4, -0.2) is 64.5 Å². The highest BCUT2D eigenvalue weighted by molar-refractivity contribution is 5.99. The standard InChI is InChI=1S/C21H32N3O2/c1-6-7-10-20(18(4)25)23-14-17(3)24(15-16(23)2)21(26)12-11-19-9-8-13-22(19)5/h10-12,17H,2,6-9,13-15H2,1,3-5H3/q+1/b12-11+,20-10-. The number of hydrogen-bond acceptors (Lipinski definition) is 3. The molecule has 0 aliphatic carbocycles. The molecule has 0 bridgehead atoms. The van der Waals surface area contributed by atoms with Crippen LogP contribution < -0.4 is 0 Å². The lowest BCUT2D eigenvalue weighted by Gasteiger charge is -2.42. The molecule has 2 aliphatic rings. The molecule has 1 atom stereocenters. The van der Waals surface area contributed by atoms with Crippen LogP contribution in [0.15, 0.2) is 36.2 Å². The predicted octanol–water partition coefficient (Wildman–Crippen LogP) is 2.74. The fourth-order valence-corrected chi connectivity index (χ4v) is 3.52. The molecule has 1 unspecified atom stereocenters. The van der Waals surface area contributed by atoms with Gasteiger partial charge in [0.1, 0.15) is 13.6 Å². The van der Waals surface area contributed by atoms with E-state index >= 15 is 0 Å². The predicted molar refractivity (Wildman–Crippen MR) is 105 cm³/mol. The molecule has 0 aromatic rings. The molecule has 1 fully saturated rings. The zero-order valence-electron chi connectivity index (χ0n) is 16.6. The molecule has 2 aliphatic heterocycles. The molecule has 142 valence electrons. The van der Waals surface area contributed by atoms with Crippen molar-refractivity contribution in [2.24, 2.45) is 0 Å². The minimum absolute atomic E-state index is 0.00742. The Kier molecular flexibility index (Phi) is 6.95. The van der Waals surface area contributed by atoms with Gasteiger partial charge >= 0.3 is 0 Å². The van der Waals surface area contributed by atoms with E-state index in [1.54, 1.807) is 13.0 Å². The zero-order valence-corrected chi connectivity index (χ0v) is 16.6. The van der Waals surface area contributed by atoms with Gasteiger partial charge in [-0.25, -0.2) is 4.58 Å². The number of hydrogen-bond donors (Lipinski definition) is 0. The lowest BCUT2D eigenvalue weighted by molar-refractivity contribution is -0.487. The zero-order chi connectivity index (χ0) is 19.3. The first kappa shape index (κ1) is 20.1. The summed E-state index contributed by atoms with van der Waals surface area (Å²) in [6.07, 6.45) is 9.65. The van der Waals surface area contributed by atoms with E-state index in [1.807, 2.05) is 28.9 Å². The molecule has 0 aromatic carbocycles. The smallest absolute Gasteiger partial charge is 0.247 e. The molecule has 2 heterocycles. The van der Waals surface area contributed by atoms with Gasteiger partial charge in [0.2, 0.25) is 5.91 Å². The second-order valence-corrected chi connectivity index (χ2v) is 7.28. The summed E-state index contributed by atoms with van der Waals surface area (Å²) in [5, 5.41) is 0. The number of carbonyl (C=O) groups excluding carboxylic acids is 2. The molecule has 1 amide bonds. The Morgan fingerprint density at radius 1 is 1.38 bits per heavy atom. The first-order valence-corrected chi connectivity index (χ1v) is 9.57. The third kappa shape index (κ3) is 4.71. The van der Waals surface area contributed by atoms with Crippen molar-refractivity contribution >= 4 is 17.4 Å². The van der Waals surface area contributed by atoms with E-state index in [9.17, 15) is 9.59 Å². The van der Waals surface area contributed by atoms with Crippen molar-refractivity contribution in [3.8, 4) is 0 Å². The largest absolute Gasteiger partial charge is 0.339 e. The van der Waals surface area contributed by atoms with Gasteiger partial charge in [-0.1, -0.05) is 26.0 Å². The van der Waals surface area contributed by atoms with E-state index in [4.69, 9.17) is 0 Å². The molecule has 5 heteroatoms. The molecule has 2 rings (SSSR count). The number of ketones is 1. The van der Waals surface area contributed by atoms with Crippen molar-refractivity contribution in [2.75, 3.05) is 26.7 Å². The van der Waals surface area contributed by atoms with E-state index in [0.717, 1.165) is 37.9 Å². The lowest BCUT2D eigenvalue weighted by atomic mass is 10.1. The Bertz CT molecular complexity index is 673. The summed E-state index contributed by atoms with van der Waals surface area (Å²) in [5.41, 5.74) is 2.72. The molecule has 0 spiro atoms. The molecule has 0 saturated carbocycles. The Morgan fingerprint density at radius 2 is 2.12 bits per heavy atom. The average Bonchev–Trinajstić information content (AvgIpc) is 3.00. The molecular weight excluding hydrogens is 326 g/mol. The lowest BCUT2D eigenvalue weighted by Crippen LogP contribution is -2.52. The molecule has 5 nitrogen and oxygen atoms in total. The number of carbonyl (C=O) groups is 2. The van der Waals surface area contributed by atoms with Gasteiger partial charge in [-0.15, -0.1) is 0 Å². The summed E-state index contributed by atoms with van der Waals surface area (Å²) in [4.78, 5) is 28.5.